The number of hydrogen-bond donors (Lipinski definition) is 1. The van der Waals surface area contributed by atoms with Crippen LogP contribution in [0.15, 0.2) is 84.9 Å². The molecule has 0 fully saturated rings. The number of carbonyl (C=O) groups excluding carboxylic acids is 1. The molecular formula is C31H36N4OS. The van der Waals surface area contributed by atoms with E-state index in [0.717, 1.165) is 29.5 Å². The first-order valence-electron chi connectivity index (χ1n) is 13.0. The van der Waals surface area contributed by atoms with E-state index in [9.17, 15) is 4.79 Å². The minimum atomic E-state index is -0.0720. The summed E-state index contributed by atoms with van der Waals surface area (Å²) in [6.07, 6.45) is 1.87. The molecule has 192 valence electrons. The number of benzene rings is 3. The van der Waals surface area contributed by atoms with Gasteiger partial charge < -0.3 is 10.2 Å². The molecule has 0 saturated carbocycles. The largest absolute Gasteiger partial charge is 0.349 e. The predicted octanol–water partition coefficient (Wildman–Crippen LogP) is 6.39. The highest BCUT2D eigenvalue weighted by Crippen LogP contribution is 2.22. The van der Waals surface area contributed by atoms with Gasteiger partial charge in [0.05, 0.1) is 6.04 Å². The van der Waals surface area contributed by atoms with Gasteiger partial charge in [-0.3, -0.25) is 4.79 Å². The molecule has 6 heteroatoms. The number of amides is 1. The average Bonchev–Trinajstić information content (AvgIpc) is 3.37. The monoisotopic (exact) mass is 512 g/mol. The maximum absolute atomic E-state index is 13.1. The average molecular weight is 513 g/mol. The zero-order chi connectivity index (χ0) is 26.0. The van der Waals surface area contributed by atoms with Crippen LogP contribution in [0.5, 0.6) is 0 Å². The molecule has 0 aliphatic rings. The second kappa shape index (κ2) is 13.2. The lowest BCUT2D eigenvalue weighted by atomic mass is 9.98. The third-order valence-electron chi connectivity index (χ3n) is 6.22. The Labute approximate surface area is 224 Å². The van der Waals surface area contributed by atoms with Crippen LogP contribution in [0, 0.1) is 12.8 Å². The van der Waals surface area contributed by atoms with E-state index >= 15 is 0 Å². The number of aryl methyl sites for hydroxylation is 1. The number of aromatic nitrogens is 2. The summed E-state index contributed by atoms with van der Waals surface area (Å²) in [7, 11) is 0. The van der Waals surface area contributed by atoms with Crippen molar-refractivity contribution in [2.45, 2.75) is 46.1 Å². The van der Waals surface area contributed by atoms with Crippen molar-refractivity contribution < 1.29 is 4.79 Å². The van der Waals surface area contributed by atoms with Crippen LogP contribution in [-0.4, -0.2) is 28.4 Å². The Hall–Kier alpha value is -3.51. The number of hydrogen-bond acceptors (Lipinski definition) is 5. The standard InChI is InChI=1S/C31H36N4OS/c1-23(2)22-35(31-33-29(34-37-31)21-26-16-14-24(3)15-17-26)19-18-30(36)32-28(27-12-8-5-9-13-27)20-25-10-6-4-7-11-25/h4-17,23,28H,18-22H2,1-3H3,(H,32,36). The number of nitrogens with one attached hydrogen (secondary N) is 1. The molecule has 0 radical (unpaired) electrons. The molecule has 1 amide bonds. The Balaban J connectivity index is 1.40. The quantitative estimate of drug-likeness (QED) is 0.239. The van der Waals surface area contributed by atoms with Gasteiger partial charge in [-0.05, 0) is 36.0 Å². The molecule has 37 heavy (non-hydrogen) atoms. The van der Waals surface area contributed by atoms with Crippen LogP contribution < -0.4 is 10.2 Å². The van der Waals surface area contributed by atoms with Crippen molar-refractivity contribution in [1.82, 2.24) is 14.7 Å². The van der Waals surface area contributed by atoms with E-state index < -0.39 is 0 Å². The number of rotatable bonds is 12. The molecule has 0 bridgehead atoms. The van der Waals surface area contributed by atoms with Crippen LogP contribution in [0.3, 0.4) is 0 Å². The Morgan fingerprint density at radius 2 is 1.59 bits per heavy atom. The van der Waals surface area contributed by atoms with Crippen LogP contribution in [-0.2, 0) is 17.6 Å². The predicted molar refractivity (Wildman–Crippen MR) is 153 cm³/mol. The molecule has 1 atom stereocenters. The zero-order valence-electron chi connectivity index (χ0n) is 21.9. The van der Waals surface area contributed by atoms with Gasteiger partial charge >= 0.3 is 0 Å². The molecule has 0 aliphatic heterocycles. The fourth-order valence-corrected chi connectivity index (χ4v) is 5.05. The van der Waals surface area contributed by atoms with E-state index in [1.165, 1.54) is 28.2 Å². The van der Waals surface area contributed by atoms with Crippen LogP contribution in [0.1, 0.15) is 54.4 Å². The summed E-state index contributed by atoms with van der Waals surface area (Å²) in [5.41, 5.74) is 4.77. The third kappa shape index (κ3) is 8.25. The van der Waals surface area contributed by atoms with Crippen molar-refractivity contribution >= 4 is 22.6 Å². The van der Waals surface area contributed by atoms with E-state index in [1.807, 2.05) is 36.4 Å². The number of nitrogens with zero attached hydrogens (tertiary/aromatic N) is 3. The Morgan fingerprint density at radius 1 is 0.919 bits per heavy atom. The van der Waals surface area contributed by atoms with E-state index in [0.29, 0.717) is 25.3 Å². The first kappa shape index (κ1) is 26.6. The highest BCUT2D eigenvalue weighted by atomic mass is 32.1. The lowest BCUT2D eigenvalue weighted by molar-refractivity contribution is -0.121. The van der Waals surface area contributed by atoms with Crippen molar-refractivity contribution in [2.24, 2.45) is 5.92 Å². The minimum Gasteiger partial charge on any atom is -0.349 e. The lowest BCUT2D eigenvalue weighted by Crippen LogP contribution is -2.35. The van der Waals surface area contributed by atoms with Crippen LogP contribution in [0.25, 0.3) is 0 Å². The van der Waals surface area contributed by atoms with Gasteiger partial charge in [0.25, 0.3) is 0 Å². The maximum Gasteiger partial charge on any atom is 0.222 e. The van der Waals surface area contributed by atoms with Gasteiger partial charge in [-0.25, -0.2) is 4.98 Å². The molecule has 4 aromatic rings. The van der Waals surface area contributed by atoms with E-state index in [1.54, 1.807) is 0 Å². The molecule has 1 heterocycles. The summed E-state index contributed by atoms with van der Waals surface area (Å²) in [4.78, 5) is 20.2. The van der Waals surface area contributed by atoms with Gasteiger partial charge in [0.2, 0.25) is 11.0 Å². The fourth-order valence-electron chi connectivity index (χ4n) is 4.33. The summed E-state index contributed by atoms with van der Waals surface area (Å²) in [6, 6.07) is 28.9. The van der Waals surface area contributed by atoms with Crippen LogP contribution in [0.2, 0.25) is 0 Å². The Kier molecular flexibility index (Phi) is 9.44. The van der Waals surface area contributed by atoms with Gasteiger partial charge in [-0.15, -0.1) is 0 Å². The topological polar surface area (TPSA) is 58.1 Å². The molecule has 0 spiro atoms. The maximum atomic E-state index is 13.1. The van der Waals surface area contributed by atoms with Crippen LogP contribution in [0.4, 0.5) is 5.13 Å². The smallest absolute Gasteiger partial charge is 0.222 e. The number of carbonyl (C=O) groups is 1. The molecule has 3 aromatic carbocycles. The van der Waals surface area contributed by atoms with Crippen molar-refractivity contribution in [2.75, 3.05) is 18.0 Å². The normalized spacial score (nSPS) is 11.9. The second-order valence-corrected chi connectivity index (χ2v) is 10.7. The highest BCUT2D eigenvalue weighted by Gasteiger charge is 2.19. The molecular weight excluding hydrogens is 476 g/mol. The summed E-state index contributed by atoms with van der Waals surface area (Å²) in [5.74, 6) is 1.32. The van der Waals surface area contributed by atoms with Crippen molar-refractivity contribution in [3.05, 3.63) is 113 Å². The summed E-state index contributed by atoms with van der Waals surface area (Å²) < 4.78 is 4.61. The van der Waals surface area contributed by atoms with Gasteiger partial charge in [0.15, 0.2) is 0 Å². The van der Waals surface area contributed by atoms with Crippen LogP contribution >= 0.6 is 11.5 Å². The van der Waals surface area contributed by atoms with Gasteiger partial charge in [0.1, 0.15) is 5.82 Å². The SMILES string of the molecule is Cc1ccc(Cc2nsc(N(CCC(=O)NC(Cc3ccccc3)c3ccccc3)CC(C)C)n2)cc1. The fraction of sp³-hybridized carbons (Fsp3) is 0.323. The molecule has 0 saturated heterocycles. The lowest BCUT2D eigenvalue weighted by Gasteiger charge is -2.24. The Morgan fingerprint density at radius 3 is 2.27 bits per heavy atom. The molecule has 0 aliphatic carbocycles. The summed E-state index contributed by atoms with van der Waals surface area (Å²) >= 11 is 1.42. The molecule has 1 unspecified atom stereocenters. The molecule has 4 rings (SSSR count). The summed E-state index contributed by atoms with van der Waals surface area (Å²) in [6.45, 7) is 7.90. The van der Waals surface area contributed by atoms with Crippen molar-refractivity contribution in [3.8, 4) is 0 Å². The van der Waals surface area contributed by atoms with Gasteiger partial charge in [-0.1, -0.05) is 104 Å². The third-order valence-corrected chi connectivity index (χ3v) is 7.04. The highest BCUT2D eigenvalue weighted by molar-refractivity contribution is 7.09. The second-order valence-electron chi connectivity index (χ2n) is 9.97. The van der Waals surface area contributed by atoms with E-state index in [4.69, 9.17) is 4.98 Å². The zero-order valence-corrected chi connectivity index (χ0v) is 22.7. The van der Waals surface area contributed by atoms with Crippen molar-refractivity contribution in [3.63, 3.8) is 0 Å². The Bertz CT molecular complexity index is 1240. The van der Waals surface area contributed by atoms with Gasteiger partial charge in [0, 0.05) is 37.5 Å². The molecule has 1 aromatic heterocycles. The minimum absolute atomic E-state index is 0.0444. The molecule has 1 N–H and O–H groups in total. The van der Waals surface area contributed by atoms with Gasteiger partial charge in [-0.2, -0.15) is 4.37 Å². The summed E-state index contributed by atoms with van der Waals surface area (Å²) in [5, 5.41) is 4.17. The number of anilines is 1. The first-order chi connectivity index (χ1) is 18.0. The van der Waals surface area contributed by atoms with E-state index in [-0.39, 0.29) is 11.9 Å². The molecule has 5 nitrogen and oxygen atoms in total. The van der Waals surface area contributed by atoms with E-state index in [2.05, 4.69) is 83.9 Å². The first-order valence-corrected chi connectivity index (χ1v) is 13.7. The van der Waals surface area contributed by atoms with Crippen molar-refractivity contribution in [1.29, 1.82) is 0 Å².